The Labute approximate surface area is 96.7 Å². The predicted molar refractivity (Wildman–Crippen MR) is 65.7 cm³/mol. The van der Waals surface area contributed by atoms with Crippen molar-refractivity contribution in [2.45, 2.75) is 20.3 Å². The molecule has 0 saturated carbocycles. The molecule has 0 unspecified atom stereocenters. The molecule has 3 heteroatoms. The van der Waals surface area contributed by atoms with Gasteiger partial charge in [0.25, 0.3) is 0 Å². The van der Waals surface area contributed by atoms with Crippen molar-refractivity contribution >= 4 is 11.7 Å². The average molecular weight is 221 g/mol. The Balaban J connectivity index is 2.67. The highest BCUT2D eigenvalue weighted by Gasteiger charge is 2.10. The van der Waals surface area contributed by atoms with E-state index >= 15 is 0 Å². The van der Waals surface area contributed by atoms with E-state index < -0.39 is 5.97 Å². The van der Waals surface area contributed by atoms with Gasteiger partial charge in [-0.2, -0.15) is 0 Å². The van der Waals surface area contributed by atoms with Gasteiger partial charge in [0.1, 0.15) is 6.54 Å². The lowest BCUT2D eigenvalue weighted by atomic mass is 10.1. The predicted octanol–water partition coefficient (Wildman–Crippen LogP) is 2.62. The largest absolute Gasteiger partial charge is 0.480 e. The standard InChI is InChI=1S/C13H19NO2/c1-11(2)8-9-14(10-13(15)16)12-6-4-3-5-7-12/h3-7,11H,8-10H2,1-2H3,(H,15,16). The lowest BCUT2D eigenvalue weighted by molar-refractivity contribution is -0.135. The Morgan fingerprint density at radius 2 is 1.94 bits per heavy atom. The Bertz CT molecular complexity index is 322. The third-order valence-electron chi connectivity index (χ3n) is 2.42. The highest BCUT2D eigenvalue weighted by molar-refractivity contribution is 5.73. The van der Waals surface area contributed by atoms with Crippen molar-refractivity contribution in [3.05, 3.63) is 30.3 Å². The third-order valence-corrected chi connectivity index (χ3v) is 2.42. The molecule has 0 saturated heterocycles. The van der Waals surface area contributed by atoms with Crippen LogP contribution in [0.2, 0.25) is 0 Å². The number of rotatable bonds is 6. The van der Waals surface area contributed by atoms with Crippen LogP contribution in [-0.2, 0) is 4.79 Å². The molecule has 0 aliphatic carbocycles. The monoisotopic (exact) mass is 221 g/mol. The molecule has 0 amide bonds. The molecule has 0 aliphatic heterocycles. The normalized spacial score (nSPS) is 10.4. The van der Waals surface area contributed by atoms with Crippen molar-refractivity contribution in [2.75, 3.05) is 18.0 Å². The zero-order valence-electron chi connectivity index (χ0n) is 9.89. The van der Waals surface area contributed by atoms with Crippen molar-refractivity contribution in [1.29, 1.82) is 0 Å². The number of para-hydroxylation sites is 1. The van der Waals surface area contributed by atoms with Gasteiger partial charge in [-0.15, -0.1) is 0 Å². The van der Waals surface area contributed by atoms with Crippen molar-refractivity contribution in [3.63, 3.8) is 0 Å². The highest BCUT2D eigenvalue weighted by Crippen LogP contribution is 2.14. The second-order valence-electron chi connectivity index (χ2n) is 4.33. The van der Waals surface area contributed by atoms with Gasteiger partial charge >= 0.3 is 5.97 Å². The van der Waals surface area contributed by atoms with E-state index in [1.807, 2.05) is 35.2 Å². The van der Waals surface area contributed by atoms with Crippen molar-refractivity contribution in [3.8, 4) is 0 Å². The smallest absolute Gasteiger partial charge is 0.323 e. The topological polar surface area (TPSA) is 40.5 Å². The van der Waals surface area contributed by atoms with E-state index in [1.165, 1.54) is 0 Å². The van der Waals surface area contributed by atoms with Gasteiger partial charge in [0.05, 0.1) is 0 Å². The first kappa shape index (κ1) is 12.6. The van der Waals surface area contributed by atoms with Gasteiger partial charge in [-0.3, -0.25) is 4.79 Å². The molecule has 1 aromatic rings. The number of hydrogen-bond donors (Lipinski definition) is 1. The second-order valence-corrected chi connectivity index (χ2v) is 4.33. The molecule has 0 heterocycles. The van der Waals surface area contributed by atoms with Gasteiger partial charge in [0.2, 0.25) is 0 Å². The summed E-state index contributed by atoms with van der Waals surface area (Å²) >= 11 is 0. The molecule has 0 spiro atoms. The minimum absolute atomic E-state index is 0.0662. The molecule has 16 heavy (non-hydrogen) atoms. The maximum Gasteiger partial charge on any atom is 0.323 e. The van der Waals surface area contributed by atoms with Crippen LogP contribution in [0, 0.1) is 5.92 Å². The summed E-state index contributed by atoms with van der Waals surface area (Å²) in [7, 11) is 0. The van der Waals surface area contributed by atoms with Crippen LogP contribution in [0.15, 0.2) is 30.3 Å². The molecule has 1 aromatic carbocycles. The number of carboxylic acids is 1. The first-order chi connectivity index (χ1) is 7.59. The summed E-state index contributed by atoms with van der Waals surface area (Å²) in [6, 6.07) is 9.69. The highest BCUT2D eigenvalue weighted by atomic mass is 16.4. The number of carboxylic acid groups (broad SMARTS) is 1. The van der Waals surface area contributed by atoms with Crippen LogP contribution < -0.4 is 4.90 Å². The Morgan fingerprint density at radius 3 is 2.44 bits per heavy atom. The third kappa shape index (κ3) is 4.34. The van der Waals surface area contributed by atoms with Crippen LogP contribution in [-0.4, -0.2) is 24.2 Å². The lowest BCUT2D eigenvalue weighted by Crippen LogP contribution is -2.31. The SMILES string of the molecule is CC(C)CCN(CC(=O)O)c1ccccc1. The summed E-state index contributed by atoms with van der Waals surface area (Å²) in [5.74, 6) is -0.201. The maximum absolute atomic E-state index is 10.8. The van der Waals surface area contributed by atoms with E-state index in [4.69, 9.17) is 5.11 Å². The first-order valence-corrected chi connectivity index (χ1v) is 5.61. The molecule has 1 N–H and O–H groups in total. The summed E-state index contributed by atoms with van der Waals surface area (Å²) in [5, 5.41) is 8.87. The van der Waals surface area contributed by atoms with Gasteiger partial charge in [-0.1, -0.05) is 32.0 Å². The first-order valence-electron chi connectivity index (χ1n) is 5.61. The summed E-state index contributed by atoms with van der Waals surface area (Å²) in [6.45, 7) is 5.14. The molecule has 0 aliphatic rings. The minimum atomic E-state index is -0.785. The number of benzene rings is 1. The van der Waals surface area contributed by atoms with Crippen LogP contribution >= 0.6 is 0 Å². The fraction of sp³-hybridized carbons (Fsp3) is 0.462. The van der Waals surface area contributed by atoms with E-state index in [2.05, 4.69) is 13.8 Å². The minimum Gasteiger partial charge on any atom is -0.480 e. The maximum atomic E-state index is 10.8. The molecule has 0 bridgehead atoms. The molecule has 88 valence electrons. The molecular formula is C13H19NO2. The number of carbonyl (C=O) groups is 1. The van der Waals surface area contributed by atoms with Crippen LogP contribution in [0.3, 0.4) is 0 Å². The average Bonchev–Trinajstić information content (AvgIpc) is 2.25. The van der Waals surface area contributed by atoms with Crippen molar-refractivity contribution < 1.29 is 9.90 Å². The van der Waals surface area contributed by atoms with Crippen LogP contribution in [0.4, 0.5) is 5.69 Å². The zero-order valence-corrected chi connectivity index (χ0v) is 9.89. The van der Waals surface area contributed by atoms with E-state index in [0.29, 0.717) is 5.92 Å². The van der Waals surface area contributed by atoms with E-state index in [1.54, 1.807) is 0 Å². The van der Waals surface area contributed by atoms with E-state index in [9.17, 15) is 4.79 Å². The van der Waals surface area contributed by atoms with Crippen LogP contribution in [0.1, 0.15) is 20.3 Å². The van der Waals surface area contributed by atoms with Crippen molar-refractivity contribution in [2.24, 2.45) is 5.92 Å². The molecular weight excluding hydrogens is 202 g/mol. The summed E-state index contributed by atoms with van der Waals surface area (Å²) in [6.07, 6.45) is 1.00. The number of hydrogen-bond acceptors (Lipinski definition) is 2. The summed E-state index contributed by atoms with van der Waals surface area (Å²) < 4.78 is 0. The Morgan fingerprint density at radius 1 is 1.31 bits per heavy atom. The van der Waals surface area contributed by atoms with Crippen molar-refractivity contribution in [1.82, 2.24) is 0 Å². The Hall–Kier alpha value is -1.51. The number of nitrogens with zero attached hydrogens (tertiary/aromatic N) is 1. The number of anilines is 1. The van der Waals surface area contributed by atoms with E-state index in [0.717, 1.165) is 18.7 Å². The van der Waals surface area contributed by atoms with Crippen LogP contribution in [0.5, 0.6) is 0 Å². The fourth-order valence-corrected chi connectivity index (χ4v) is 1.52. The molecule has 0 aromatic heterocycles. The molecule has 0 radical (unpaired) electrons. The Kier molecular flexibility index (Phi) is 4.83. The van der Waals surface area contributed by atoms with Gasteiger partial charge in [-0.05, 0) is 24.5 Å². The molecule has 1 rings (SSSR count). The van der Waals surface area contributed by atoms with Gasteiger partial charge in [0.15, 0.2) is 0 Å². The van der Waals surface area contributed by atoms with E-state index in [-0.39, 0.29) is 6.54 Å². The molecule has 0 atom stereocenters. The quantitative estimate of drug-likeness (QED) is 0.802. The van der Waals surface area contributed by atoms with Crippen LogP contribution in [0.25, 0.3) is 0 Å². The van der Waals surface area contributed by atoms with Gasteiger partial charge < -0.3 is 10.0 Å². The second kappa shape index (κ2) is 6.16. The van der Waals surface area contributed by atoms with Gasteiger partial charge in [-0.25, -0.2) is 0 Å². The summed E-state index contributed by atoms with van der Waals surface area (Å²) in [5.41, 5.74) is 0.977. The lowest BCUT2D eigenvalue weighted by Gasteiger charge is -2.23. The number of aliphatic carboxylic acids is 1. The zero-order chi connectivity index (χ0) is 12.0. The van der Waals surface area contributed by atoms with Gasteiger partial charge in [0, 0.05) is 12.2 Å². The fourth-order valence-electron chi connectivity index (χ4n) is 1.52. The molecule has 3 nitrogen and oxygen atoms in total. The molecule has 0 fully saturated rings. The summed E-state index contributed by atoms with van der Waals surface area (Å²) in [4.78, 5) is 12.7.